The monoisotopic (exact) mass is 469 g/mol. The van der Waals surface area contributed by atoms with Crippen molar-refractivity contribution in [2.45, 2.75) is 6.42 Å². The van der Waals surface area contributed by atoms with Gasteiger partial charge in [0.1, 0.15) is 5.75 Å². The summed E-state index contributed by atoms with van der Waals surface area (Å²) in [6.07, 6.45) is -0.165. The highest BCUT2D eigenvalue weighted by Gasteiger charge is 2.37. The molecule has 11 nitrogen and oxygen atoms in total. The molecule has 0 saturated carbocycles. The van der Waals surface area contributed by atoms with Crippen molar-refractivity contribution >= 4 is 35.3 Å². The van der Waals surface area contributed by atoms with Crippen molar-refractivity contribution in [2.24, 2.45) is 5.92 Å². The van der Waals surface area contributed by atoms with E-state index in [9.17, 15) is 24.0 Å². The van der Waals surface area contributed by atoms with Crippen molar-refractivity contribution in [3.05, 3.63) is 59.7 Å². The Hall–Kier alpha value is -4.41. The number of para-hydroxylation sites is 1. The summed E-state index contributed by atoms with van der Waals surface area (Å²) in [5, 5.41) is 3.58. The third kappa shape index (κ3) is 5.88. The van der Waals surface area contributed by atoms with Crippen LogP contribution in [0.15, 0.2) is 48.5 Å². The van der Waals surface area contributed by atoms with E-state index in [2.05, 4.69) is 15.5 Å². The van der Waals surface area contributed by atoms with Crippen molar-refractivity contribution in [1.29, 1.82) is 0 Å². The molecule has 1 saturated heterocycles. The number of benzene rings is 2. The lowest BCUT2D eigenvalue weighted by Gasteiger charge is -2.18. The minimum absolute atomic E-state index is 0.0881. The van der Waals surface area contributed by atoms with Crippen LogP contribution in [0, 0.1) is 5.92 Å². The maximum Gasteiger partial charge on any atom is 0.337 e. The first-order valence-electron chi connectivity index (χ1n) is 10.2. The quantitative estimate of drug-likeness (QED) is 0.549. The Morgan fingerprint density at radius 1 is 1.03 bits per heavy atom. The number of rotatable bonds is 8. The first-order chi connectivity index (χ1) is 16.3. The SMILES string of the molecule is COC(=O)c1ccc(NC(=O)COC(=O)[C@@H]2CC(=O)N(NC(=O)c3ccccc3OC)C2)cc1. The van der Waals surface area contributed by atoms with E-state index < -0.39 is 42.2 Å². The van der Waals surface area contributed by atoms with Crippen LogP contribution in [0.4, 0.5) is 5.69 Å². The van der Waals surface area contributed by atoms with Crippen molar-refractivity contribution < 1.29 is 38.2 Å². The zero-order valence-corrected chi connectivity index (χ0v) is 18.5. The third-order valence-electron chi connectivity index (χ3n) is 4.98. The Kier molecular flexibility index (Phi) is 7.80. The van der Waals surface area contributed by atoms with Crippen LogP contribution in [0.1, 0.15) is 27.1 Å². The molecule has 2 N–H and O–H groups in total. The summed E-state index contributed by atoms with van der Waals surface area (Å²) in [4.78, 5) is 60.6. The Bertz CT molecular complexity index is 1100. The van der Waals surface area contributed by atoms with Gasteiger partial charge >= 0.3 is 11.9 Å². The smallest absolute Gasteiger partial charge is 0.337 e. The number of ether oxygens (including phenoxy) is 3. The van der Waals surface area contributed by atoms with Gasteiger partial charge in [0.05, 0.1) is 37.8 Å². The summed E-state index contributed by atoms with van der Waals surface area (Å²) >= 11 is 0. The molecule has 1 atom stereocenters. The number of nitrogens with one attached hydrogen (secondary N) is 2. The van der Waals surface area contributed by atoms with Gasteiger partial charge in [-0.15, -0.1) is 0 Å². The highest BCUT2D eigenvalue weighted by atomic mass is 16.5. The fourth-order valence-electron chi connectivity index (χ4n) is 3.25. The van der Waals surface area contributed by atoms with E-state index in [1.54, 1.807) is 24.3 Å². The molecule has 1 heterocycles. The molecule has 1 aliphatic rings. The molecule has 1 aliphatic heterocycles. The van der Waals surface area contributed by atoms with Gasteiger partial charge in [-0.3, -0.25) is 29.6 Å². The molecule has 3 amide bonds. The molecule has 1 fully saturated rings. The molecule has 0 aliphatic carbocycles. The second-order valence-corrected chi connectivity index (χ2v) is 7.27. The zero-order chi connectivity index (χ0) is 24.7. The van der Waals surface area contributed by atoms with Crippen LogP contribution in [-0.2, 0) is 23.9 Å². The van der Waals surface area contributed by atoms with Crippen LogP contribution in [0.3, 0.4) is 0 Å². The summed E-state index contributed by atoms with van der Waals surface area (Å²) in [6, 6.07) is 12.5. The summed E-state index contributed by atoms with van der Waals surface area (Å²) < 4.78 is 14.8. The van der Waals surface area contributed by atoms with Gasteiger partial charge in [0.2, 0.25) is 5.91 Å². The minimum atomic E-state index is -0.836. The zero-order valence-electron chi connectivity index (χ0n) is 18.5. The summed E-state index contributed by atoms with van der Waals surface area (Å²) in [6.45, 7) is -0.648. The van der Waals surface area contributed by atoms with Gasteiger partial charge in [-0.1, -0.05) is 12.1 Å². The maximum absolute atomic E-state index is 12.5. The van der Waals surface area contributed by atoms with E-state index in [1.807, 2.05) is 0 Å². The first-order valence-corrected chi connectivity index (χ1v) is 10.2. The van der Waals surface area contributed by atoms with E-state index in [1.165, 1.54) is 38.5 Å². The number of amides is 3. The Labute approximate surface area is 194 Å². The number of carbonyl (C=O) groups excluding carboxylic acids is 5. The first kappa shape index (κ1) is 24.2. The lowest BCUT2D eigenvalue weighted by atomic mass is 10.1. The molecule has 2 aromatic carbocycles. The molecule has 0 unspecified atom stereocenters. The predicted molar refractivity (Wildman–Crippen MR) is 118 cm³/mol. The molecular formula is C23H23N3O8. The van der Waals surface area contributed by atoms with Crippen LogP contribution in [-0.4, -0.2) is 62.0 Å². The molecule has 0 radical (unpaired) electrons. The Morgan fingerprint density at radius 2 is 1.74 bits per heavy atom. The normalized spacial score (nSPS) is 14.8. The summed E-state index contributed by atoms with van der Waals surface area (Å²) in [7, 11) is 2.69. The number of carbonyl (C=O) groups is 5. The van der Waals surface area contributed by atoms with Gasteiger partial charge in [-0.25, -0.2) is 4.79 Å². The van der Waals surface area contributed by atoms with Gasteiger partial charge in [-0.05, 0) is 36.4 Å². The molecule has 0 aromatic heterocycles. The van der Waals surface area contributed by atoms with Crippen LogP contribution >= 0.6 is 0 Å². The number of methoxy groups -OCH3 is 2. The minimum Gasteiger partial charge on any atom is -0.496 e. The van der Waals surface area contributed by atoms with Gasteiger partial charge in [0.15, 0.2) is 6.61 Å². The van der Waals surface area contributed by atoms with Crippen molar-refractivity contribution in [1.82, 2.24) is 10.4 Å². The molecule has 34 heavy (non-hydrogen) atoms. The summed E-state index contributed by atoms with van der Waals surface area (Å²) in [5.74, 6) is -3.35. The van der Waals surface area contributed by atoms with Crippen molar-refractivity contribution in [3.63, 3.8) is 0 Å². The van der Waals surface area contributed by atoms with Crippen molar-refractivity contribution in [3.8, 4) is 5.75 Å². The van der Waals surface area contributed by atoms with Crippen LogP contribution < -0.4 is 15.5 Å². The van der Waals surface area contributed by atoms with Crippen LogP contribution in [0.2, 0.25) is 0 Å². The molecule has 0 spiro atoms. The van der Waals surface area contributed by atoms with E-state index in [0.717, 1.165) is 5.01 Å². The highest BCUT2D eigenvalue weighted by Crippen LogP contribution is 2.20. The van der Waals surface area contributed by atoms with E-state index in [4.69, 9.17) is 9.47 Å². The molecule has 2 aromatic rings. The average molecular weight is 469 g/mol. The number of esters is 2. The highest BCUT2D eigenvalue weighted by molar-refractivity contribution is 5.99. The molecule has 3 rings (SSSR count). The van der Waals surface area contributed by atoms with E-state index >= 15 is 0 Å². The number of hydrazine groups is 1. The lowest BCUT2D eigenvalue weighted by molar-refractivity contribution is -0.151. The van der Waals surface area contributed by atoms with Gasteiger partial charge < -0.3 is 19.5 Å². The second-order valence-electron chi connectivity index (χ2n) is 7.27. The summed E-state index contributed by atoms with van der Waals surface area (Å²) in [5.41, 5.74) is 3.42. The fourth-order valence-corrected chi connectivity index (χ4v) is 3.25. The van der Waals surface area contributed by atoms with Gasteiger partial charge in [0.25, 0.3) is 11.8 Å². The number of hydrogen-bond acceptors (Lipinski definition) is 8. The van der Waals surface area contributed by atoms with E-state index in [-0.39, 0.29) is 18.5 Å². The third-order valence-corrected chi connectivity index (χ3v) is 4.98. The van der Waals surface area contributed by atoms with Crippen LogP contribution in [0.25, 0.3) is 0 Å². The average Bonchev–Trinajstić information content (AvgIpc) is 3.22. The Balaban J connectivity index is 1.48. The molecular weight excluding hydrogens is 446 g/mol. The number of anilines is 1. The largest absolute Gasteiger partial charge is 0.496 e. The molecule has 0 bridgehead atoms. The lowest BCUT2D eigenvalue weighted by Crippen LogP contribution is -2.43. The Morgan fingerprint density at radius 3 is 2.41 bits per heavy atom. The predicted octanol–water partition coefficient (Wildman–Crippen LogP) is 1.16. The fraction of sp³-hybridized carbons (Fsp3) is 0.261. The molecule has 178 valence electrons. The van der Waals surface area contributed by atoms with Crippen LogP contribution in [0.5, 0.6) is 5.75 Å². The van der Waals surface area contributed by atoms with Gasteiger partial charge in [0, 0.05) is 12.1 Å². The number of nitrogens with zero attached hydrogens (tertiary/aromatic N) is 1. The molecule has 11 heteroatoms. The standard InChI is InChI=1S/C23H23N3O8/c1-32-18-6-4-3-5-17(18)21(29)25-26-12-15(11-20(26)28)23(31)34-13-19(27)24-16-9-7-14(8-10-16)22(30)33-2/h3-10,15H,11-13H2,1-2H3,(H,24,27)(H,25,29)/t15-/m1/s1. The van der Waals surface area contributed by atoms with E-state index in [0.29, 0.717) is 17.0 Å². The second kappa shape index (κ2) is 10.9. The van der Waals surface area contributed by atoms with Gasteiger partial charge in [-0.2, -0.15) is 0 Å². The number of hydrogen-bond donors (Lipinski definition) is 2. The van der Waals surface area contributed by atoms with Crippen molar-refractivity contribution in [2.75, 3.05) is 32.7 Å². The maximum atomic E-state index is 12.5. The topological polar surface area (TPSA) is 140 Å².